The number of thioether (sulfide) groups is 1. The van der Waals surface area contributed by atoms with Gasteiger partial charge in [0.25, 0.3) is 5.91 Å². The number of carbonyl (C=O) groups is 2. The second-order valence-corrected chi connectivity index (χ2v) is 9.50. The Labute approximate surface area is 198 Å². The molecule has 0 aromatic heterocycles. The van der Waals surface area contributed by atoms with Gasteiger partial charge in [0.1, 0.15) is 0 Å². The van der Waals surface area contributed by atoms with Gasteiger partial charge in [-0.15, -0.1) is 11.8 Å². The van der Waals surface area contributed by atoms with E-state index in [4.69, 9.17) is 23.2 Å². The third-order valence-electron chi connectivity index (χ3n) is 5.67. The van der Waals surface area contributed by atoms with Gasteiger partial charge in [0, 0.05) is 53.3 Å². The molecule has 166 valence electrons. The summed E-state index contributed by atoms with van der Waals surface area (Å²) < 4.78 is 0. The molecule has 0 radical (unpaired) electrons. The summed E-state index contributed by atoms with van der Waals surface area (Å²) in [5.41, 5.74) is 1.74. The first-order valence-corrected chi connectivity index (χ1v) is 12.4. The predicted octanol–water partition coefficient (Wildman–Crippen LogP) is 6.01. The van der Waals surface area contributed by atoms with Crippen molar-refractivity contribution >= 4 is 46.8 Å². The lowest BCUT2D eigenvalue weighted by molar-refractivity contribution is -0.136. The summed E-state index contributed by atoms with van der Waals surface area (Å²) in [6.07, 6.45) is 1.45. The molecule has 31 heavy (non-hydrogen) atoms. The van der Waals surface area contributed by atoms with Crippen LogP contribution in [0.5, 0.6) is 0 Å². The van der Waals surface area contributed by atoms with Crippen LogP contribution >= 0.6 is 35.0 Å². The molecule has 3 rings (SSSR count). The van der Waals surface area contributed by atoms with Crippen LogP contribution in [0.3, 0.4) is 0 Å². The van der Waals surface area contributed by atoms with Crippen molar-refractivity contribution in [1.29, 1.82) is 0 Å². The average Bonchev–Trinajstić information content (AvgIpc) is 2.80. The van der Waals surface area contributed by atoms with E-state index in [0.717, 1.165) is 36.4 Å². The summed E-state index contributed by atoms with van der Waals surface area (Å²) in [6.45, 7) is 6.72. The van der Waals surface area contributed by atoms with E-state index in [9.17, 15) is 9.59 Å². The average molecular weight is 479 g/mol. The molecule has 0 atom stereocenters. The zero-order valence-electron chi connectivity index (χ0n) is 17.9. The smallest absolute Gasteiger partial charge is 0.253 e. The molecule has 0 saturated carbocycles. The van der Waals surface area contributed by atoms with Crippen molar-refractivity contribution in [2.45, 2.75) is 37.3 Å². The number of benzene rings is 2. The largest absolute Gasteiger partial charge is 0.343 e. The fourth-order valence-corrected chi connectivity index (χ4v) is 5.28. The number of likely N-dealkylation sites (tertiary alicyclic amines) is 1. The first kappa shape index (κ1) is 24.0. The Morgan fingerprint density at radius 3 is 2.45 bits per heavy atom. The molecular formula is C24H28Cl2N2O2S. The first-order valence-electron chi connectivity index (χ1n) is 10.7. The Bertz CT molecular complexity index is 926. The van der Waals surface area contributed by atoms with Gasteiger partial charge in [-0.05, 0) is 62.6 Å². The van der Waals surface area contributed by atoms with Gasteiger partial charge < -0.3 is 9.80 Å². The molecule has 4 nitrogen and oxygen atoms in total. The van der Waals surface area contributed by atoms with Gasteiger partial charge in [-0.25, -0.2) is 0 Å². The molecule has 0 spiro atoms. The van der Waals surface area contributed by atoms with Crippen molar-refractivity contribution in [3.8, 4) is 0 Å². The number of nitrogens with zero attached hydrogens (tertiary/aromatic N) is 2. The van der Waals surface area contributed by atoms with Crippen LogP contribution in [0.4, 0.5) is 0 Å². The zero-order valence-corrected chi connectivity index (χ0v) is 20.3. The summed E-state index contributed by atoms with van der Waals surface area (Å²) in [4.78, 5) is 30.3. The van der Waals surface area contributed by atoms with E-state index >= 15 is 0 Å². The molecule has 7 heteroatoms. The highest BCUT2D eigenvalue weighted by atomic mass is 35.5. The van der Waals surface area contributed by atoms with E-state index in [1.54, 1.807) is 23.9 Å². The van der Waals surface area contributed by atoms with E-state index in [0.29, 0.717) is 34.5 Å². The summed E-state index contributed by atoms with van der Waals surface area (Å²) >= 11 is 13.9. The number of hydrogen-bond donors (Lipinski definition) is 0. The van der Waals surface area contributed by atoms with Gasteiger partial charge in [0.05, 0.1) is 5.02 Å². The Morgan fingerprint density at radius 1 is 1.06 bits per heavy atom. The molecule has 1 fully saturated rings. The second kappa shape index (κ2) is 11.3. The molecule has 0 N–H and O–H groups in total. The predicted molar refractivity (Wildman–Crippen MR) is 129 cm³/mol. The number of rotatable bonds is 7. The lowest BCUT2D eigenvalue weighted by Crippen LogP contribution is -2.44. The second-order valence-electron chi connectivity index (χ2n) is 7.64. The van der Waals surface area contributed by atoms with Gasteiger partial charge >= 0.3 is 0 Å². The van der Waals surface area contributed by atoms with Crippen molar-refractivity contribution < 1.29 is 9.59 Å². The van der Waals surface area contributed by atoms with Gasteiger partial charge in [0.2, 0.25) is 5.91 Å². The quantitative estimate of drug-likeness (QED) is 0.457. The first-order chi connectivity index (χ1) is 14.9. The normalized spacial score (nSPS) is 14.5. The lowest BCUT2D eigenvalue weighted by atomic mass is 9.94. The van der Waals surface area contributed by atoms with Crippen LogP contribution in [-0.2, 0) is 10.5 Å². The number of hydrogen-bond acceptors (Lipinski definition) is 3. The van der Waals surface area contributed by atoms with Crippen LogP contribution in [0, 0.1) is 5.92 Å². The fraction of sp³-hybridized carbons (Fsp3) is 0.417. The molecule has 0 unspecified atom stereocenters. The minimum atomic E-state index is 0.0223. The maximum atomic E-state index is 13.0. The standard InChI is InChI=1S/C24H28Cl2N2O2S/c1-3-27(4-2)23(29)18-10-12-28(13-11-18)24(30)19-7-5-6-17(14-19)16-31-22-15-20(25)8-9-21(22)26/h5-9,14-15,18H,3-4,10-13,16H2,1-2H3. The van der Waals surface area contributed by atoms with E-state index in [1.165, 1.54) is 0 Å². The minimum Gasteiger partial charge on any atom is -0.343 e. The third kappa shape index (κ3) is 6.18. The van der Waals surface area contributed by atoms with Crippen molar-refractivity contribution in [2.75, 3.05) is 26.2 Å². The maximum Gasteiger partial charge on any atom is 0.253 e. The molecular weight excluding hydrogens is 451 g/mol. The van der Waals surface area contributed by atoms with Crippen LogP contribution in [-0.4, -0.2) is 47.8 Å². The molecule has 1 aliphatic rings. The van der Waals surface area contributed by atoms with Crippen molar-refractivity contribution in [1.82, 2.24) is 9.80 Å². The maximum absolute atomic E-state index is 13.0. The molecule has 1 aliphatic heterocycles. The summed E-state index contributed by atoms with van der Waals surface area (Å²) in [5, 5.41) is 1.32. The van der Waals surface area contributed by atoms with Crippen molar-refractivity contribution in [3.63, 3.8) is 0 Å². The number of piperidine rings is 1. The van der Waals surface area contributed by atoms with Gasteiger partial charge in [0.15, 0.2) is 0 Å². The summed E-state index contributed by atoms with van der Waals surface area (Å²) in [6, 6.07) is 13.1. The fourth-order valence-electron chi connectivity index (χ4n) is 3.85. The Hall–Kier alpha value is -1.69. The molecule has 1 heterocycles. The van der Waals surface area contributed by atoms with Gasteiger partial charge in [-0.1, -0.05) is 35.3 Å². The topological polar surface area (TPSA) is 40.6 Å². The number of halogens is 2. The van der Waals surface area contributed by atoms with Crippen LogP contribution < -0.4 is 0 Å². The summed E-state index contributed by atoms with van der Waals surface area (Å²) in [7, 11) is 0. The van der Waals surface area contributed by atoms with Crippen molar-refractivity contribution in [3.05, 3.63) is 63.6 Å². The molecule has 2 aromatic carbocycles. The van der Waals surface area contributed by atoms with E-state index in [2.05, 4.69) is 0 Å². The summed E-state index contributed by atoms with van der Waals surface area (Å²) in [5.74, 6) is 0.966. The van der Waals surface area contributed by atoms with Gasteiger partial charge in [-0.3, -0.25) is 9.59 Å². The monoisotopic (exact) mass is 478 g/mol. The van der Waals surface area contributed by atoms with Crippen LogP contribution in [0.1, 0.15) is 42.6 Å². The van der Waals surface area contributed by atoms with Gasteiger partial charge in [-0.2, -0.15) is 0 Å². The van der Waals surface area contributed by atoms with E-state index in [1.807, 2.05) is 54.0 Å². The highest BCUT2D eigenvalue weighted by Crippen LogP contribution is 2.32. The van der Waals surface area contributed by atoms with Crippen LogP contribution in [0.25, 0.3) is 0 Å². The lowest BCUT2D eigenvalue weighted by Gasteiger charge is -2.33. The van der Waals surface area contributed by atoms with E-state index in [-0.39, 0.29) is 17.7 Å². The molecule has 2 amide bonds. The highest BCUT2D eigenvalue weighted by Gasteiger charge is 2.29. The highest BCUT2D eigenvalue weighted by molar-refractivity contribution is 7.98. The number of amides is 2. The Kier molecular flexibility index (Phi) is 8.70. The molecule has 1 saturated heterocycles. The molecule has 0 aliphatic carbocycles. The van der Waals surface area contributed by atoms with Crippen LogP contribution in [0.2, 0.25) is 10.0 Å². The Morgan fingerprint density at radius 2 is 1.77 bits per heavy atom. The van der Waals surface area contributed by atoms with Crippen LogP contribution in [0.15, 0.2) is 47.4 Å². The third-order valence-corrected chi connectivity index (χ3v) is 7.47. The molecule has 0 bridgehead atoms. The molecule has 2 aromatic rings. The Balaban J connectivity index is 1.59. The van der Waals surface area contributed by atoms with Crippen molar-refractivity contribution in [2.24, 2.45) is 5.92 Å². The SMILES string of the molecule is CCN(CC)C(=O)C1CCN(C(=O)c2cccc(CSc3cc(Cl)ccc3Cl)c2)CC1. The number of carbonyl (C=O) groups excluding carboxylic acids is 2. The van der Waals surface area contributed by atoms with E-state index < -0.39 is 0 Å². The minimum absolute atomic E-state index is 0.0223. The zero-order chi connectivity index (χ0) is 22.4.